The molecular weight excluding hydrogens is 341 g/mol. The van der Waals surface area contributed by atoms with Crippen molar-refractivity contribution >= 4 is 27.5 Å². The molecule has 1 unspecified atom stereocenters. The van der Waals surface area contributed by atoms with E-state index in [4.69, 9.17) is 11.6 Å². The van der Waals surface area contributed by atoms with Crippen LogP contribution in [-0.4, -0.2) is 7.05 Å². The molecule has 0 heterocycles. The molecule has 1 N–H and O–H groups in total. The number of aryl methyl sites for hydroxylation is 1. The molecule has 0 aliphatic heterocycles. The fraction of sp³-hybridized carbons (Fsp3) is 0.250. The third-order valence-electron chi connectivity index (χ3n) is 3.40. The Morgan fingerprint density at radius 2 is 2.00 bits per heavy atom. The summed E-state index contributed by atoms with van der Waals surface area (Å²) in [5.41, 5.74) is 3.07. The molecule has 0 saturated heterocycles. The molecule has 1 nitrogen and oxygen atoms in total. The van der Waals surface area contributed by atoms with Gasteiger partial charge < -0.3 is 5.32 Å². The number of hydrogen-bond acceptors (Lipinski definition) is 1. The zero-order valence-electron chi connectivity index (χ0n) is 11.4. The fourth-order valence-electron chi connectivity index (χ4n) is 2.26. The van der Waals surface area contributed by atoms with Gasteiger partial charge in [0.2, 0.25) is 0 Å². The lowest BCUT2D eigenvalue weighted by atomic mass is 9.95. The van der Waals surface area contributed by atoms with Crippen LogP contribution in [0.4, 0.5) is 4.39 Å². The average Bonchev–Trinajstić information content (AvgIpc) is 2.41. The maximum atomic E-state index is 13.5. The normalized spacial score (nSPS) is 12.4. The first-order valence-corrected chi connectivity index (χ1v) is 7.55. The molecule has 0 amide bonds. The van der Waals surface area contributed by atoms with Crippen molar-refractivity contribution in [3.05, 3.63) is 68.4 Å². The Morgan fingerprint density at radius 3 is 2.65 bits per heavy atom. The zero-order chi connectivity index (χ0) is 14.7. The van der Waals surface area contributed by atoms with Gasteiger partial charge in [-0.1, -0.05) is 39.7 Å². The van der Waals surface area contributed by atoms with E-state index in [1.807, 2.05) is 32.2 Å². The molecule has 20 heavy (non-hydrogen) atoms. The second-order valence-electron chi connectivity index (χ2n) is 4.78. The van der Waals surface area contributed by atoms with E-state index in [1.54, 1.807) is 12.1 Å². The first kappa shape index (κ1) is 15.5. The highest BCUT2D eigenvalue weighted by Gasteiger charge is 2.15. The van der Waals surface area contributed by atoms with Gasteiger partial charge in [0.05, 0.1) is 0 Å². The Kier molecular flexibility index (Phi) is 5.19. The van der Waals surface area contributed by atoms with Crippen LogP contribution in [0.25, 0.3) is 0 Å². The average molecular weight is 357 g/mol. The predicted molar refractivity (Wildman–Crippen MR) is 85.8 cm³/mol. The third-order valence-corrected chi connectivity index (χ3v) is 4.25. The first-order chi connectivity index (χ1) is 9.51. The van der Waals surface area contributed by atoms with Gasteiger partial charge in [0.1, 0.15) is 5.82 Å². The summed E-state index contributed by atoms with van der Waals surface area (Å²) < 4.78 is 14.4. The van der Waals surface area contributed by atoms with Gasteiger partial charge in [-0.25, -0.2) is 4.39 Å². The molecule has 2 aromatic carbocycles. The van der Waals surface area contributed by atoms with E-state index < -0.39 is 0 Å². The van der Waals surface area contributed by atoms with Crippen LogP contribution in [0.3, 0.4) is 0 Å². The molecular formula is C16H16BrClFN. The number of benzene rings is 2. The highest BCUT2D eigenvalue weighted by atomic mass is 79.9. The minimum atomic E-state index is -0.215. The monoisotopic (exact) mass is 355 g/mol. The Morgan fingerprint density at radius 1 is 1.25 bits per heavy atom. The number of hydrogen-bond donors (Lipinski definition) is 1. The molecule has 4 heteroatoms. The van der Waals surface area contributed by atoms with E-state index in [1.165, 1.54) is 6.07 Å². The summed E-state index contributed by atoms with van der Waals surface area (Å²) in [7, 11) is 1.88. The van der Waals surface area contributed by atoms with Crippen molar-refractivity contribution in [2.75, 3.05) is 7.05 Å². The highest BCUT2D eigenvalue weighted by Crippen LogP contribution is 2.27. The van der Waals surface area contributed by atoms with Crippen LogP contribution in [0.1, 0.15) is 22.7 Å². The molecule has 0 aromatic heterocycles. The molecule has 0 radical (unpaired) electrons. The van der Waals surface area contributed by atoms with Gasteiger partial charge in [-0.2, -0.15) is 0 Å². The van der Waals surface area contributed by atoms with Crippen LogP contribution in [-0.2, 0) is 6.42 Å². The van der Waals surface area contributed by atoms with Gasteiger partial charge in [0.25, 0.3) is 0 Å². The van der Waals surface area contributed by atoms with Crippen molar-refractivity contribution in [3.8, 4) is 0 Å². The zero-order valence-corrected chi connectivity index (χ0v) is 13.7. The minimum Gasteiger partial charge on any atom is -0.313 e. The van der Waals surface area contributed by atoms with Crippen molar-refractivity contribution in [1.29, 1.82) is 0 Å². The molecule has 0 spiro atoms. The van der Waals surface area contributed by atoms with Gasteiger partial charge >= 0.3 is 0 Å². The second kappa shape index (κ2) is 6.70. The molecule has 0 bridgehead atoms. The van der Waals surface area contributed by atoms with E-state index in [2.05, 4.69) is 21.2 Å². The fourth-order valence-corrected chi connectivity index (χ4v) is 3.01. The van der Waals surface area contributed by atoms with E-state index >= 15 is 0 Å². The summed E-state index contributed by atoms with van der Waals surface area (Å²) in [6.45, 7) is 1.99. The van der Waals surface area contributed by atoms with Gasteiger partial charge in [0.15, 0.2) is 0 Å². The van der Waals surface area contributed by atoms with E-state index in [0.717, 1.165) is 21.2 Å². The van der Waals surface area contributed by atoms with Crippen LogP contribution < -0.4 is 5.32 Å². The Bertz CT molecular complexity index is 615. The van der Waals surface area contributed by atoms with Gasteiger partial charge in [-0.3, -0.25) is 0 Å². The standard InChI is InChI=1S/C16H16BrClFN/c1-10-3-6-13(19)9-14(10)16(20-2)7-11-4-5-12(17)8-15(11)18/h3-6,8-9,16,20H,7H2,1-2H3. The second-order valence-corrected chi connectivity index (χ2v) is 6.10. The number of nitrogens with one attached hydrogen (secondary N) is 1. The minimum absolute atomic E-state index is 0.0318. The Labute approximate surface area is 132 Å². The Hall–Kier alpha value is -0.900. The predicted octanol–water partition coefficient (Wildman–Crippen LogP) is 5.05. The summed E-state index contributed by atoms with van der Waals surface area (Å²) in [5.74, 6) is -0.215. The lowest BCUT2D eigenvalue weighted by molar-refractivity contribution is 0.574. The van der Waals surface area contributed by atoms with E-state index in [0.29, 0.717) is 11.4 Å². The highest BCUT2D eigenvalue weighted by molar-refractivity contribution is 9.10. The lowest BCUT2D eigenvalue weighted by Gasteiger charge is -2.20. The van der Waals surface area contributed by atoms with Crippen molar-refractivity contribution < 1.29 is 4.39 Å². The quantitative estimate of drug-likeness (QED) is 0.808. The summed E-state index contributed by atoms with van der Waals surface area (Å²) >= 11 is 9.65. The third kappa shape index (κ3) is 3.60. The summed E-state index contributed by atoms with van der Waals surface area (Å²) in [5, 5.41) is 3.96. The lowest BCUT2D eigenvalue weighted by Crippen LogP contribution is -2.20. The first-order valence-electron chi connectivity index (χ1n) is 6.38. The van der Waals surface area contributed by atoms with Crippen LogP contribution >= 0.6 is 27.5 Å². The molecule has 0 aliphatic rings. The summed E-state index contributed by atoms with van der Waals surface area (Å²) in [6, 6.07) is 10.7. The molecule has 0 saturated carbocycles. The van der Waals surface area contributed by atoms with E-state index in [9.17, 15) is 4.39 Å². The van der Waals surface area contributed by atoms with Crippen molar-refractivity contribution in [2.24, 2.45) is 0 Å². The van der Waals surface area contributed by atoms with Crippen molar-refractivity contribution in [3.63, 3.8) is 0 Å². The van der Waals surface area contributed by atoms with Crippen LogP contribution in [0, 0.1) is 12.7 Å². The number of rotatable bonds is 4. The molecule has 0 aliphatic carbocycles. The maximum Gasteiger partial charge on any atom is 0.123 e. The molecule has 0 fully saturated rings. The molecule has 2 aromatic rings. The van der Waals surface area contributed by atoms with E-state index in [-0.39, 0.29) is 11.9 Å². The molecule has 1 atom stereocenters. The van der Waals surface area contributed by atoms with Crippen LogP contribution in [0.15, 0.2) is 40.9 Å². The smallest absolute Gasteiger partial charge is 0.123 e. The van der Waals surface area contributed by atoms with Gasteiger partial charge in [0, 0.05) is 15.5 Å². The van der Waals surface area contributed by atoms with Gasteiger partial charge in [-0.15, -0.1) is 0 Å². The van der Waals surface area contributed by atoms with Crippen molar-refractivity contribution in [1.82, 2.24) is 5.32 Å². The number of likely N-dealkylation sites (N-methyl/N-ethyl adjacent to an activating group) is 1. The Balaban J connectivity index is 2.31. The largest absolute Gasteiger partial charge is 0.313 e. The topological polar surface area (TPSA) is 12.0 Å². The SMILES string of the molecule is CNC(Cc1ccc(Br)cc1Cl)c1cc(F)ccc1C. The summed E-state index contributed by atoms with van der Waals surface area (Å²) in [4.78, 5) is 0. The molecule has 2 rings (SSSR count). The van der Waals surface area contributed by atoms with Crippen LogP contribution in [0.5, 0.6) is 0 Å². The van der Waals surface area contributed by atoms with Crippen LogP contribution in [0.2, 0.25) is 5.02 Å². The number of halogens is 3. The van der Waals surface area contributed by atoms with Gasteiger partial charge in [-0.05, 0) is 61.3 Å². The molecule has 106 valence electrons. The summed E-state index contributed by atoms with van der Waals surface area (Å²) in [6.07, 6.45) is 0.715. The van der Waals surface area contributed by atoms with Crippen molar-refractivity contribution in [2.45, 2.75) is 19.4 Å². The maximum absolute atomic E-state index is 13.5.